The highest BCUT2D eigenvalue weighted by Gasteiger charge is 2.34. The van der Waals surface area contributed by atoms with Gasteiger partial charge >= 0.3 is 0 Å². The van der Waals surface area contributed by atoms with Crippen molar-refractivity contribution in [2.24, 2.45) is 17.8 Å². The van der Waals surface area contributed by atoms with Crippen LogP contribution >= 0.6 is 0 Å². The van der Waals surface area contributed by atoms with E-state index in [1.165, 1.54) is 12.8 Å². The van der Waals surface area contributed by atoms with Gasteiger partial charge in [0.05, 0.1) is 0 Å². The summed E-state index contributed by atoms with van der Waals surface area (Å²) in [6.45, 7) is 0. The highest BCUT2D eigenvalue weighted by Crippen LogP contribution is 2.44. The Kier molecular flexibility index (Phi) is 1.37. The molecule has 1 heteroatoms. The monoisotopic (exact) mass is 136 g/mol. The zero-order chi connectivity index (χ0) is 6.97. The number of rotatable bonds is 2. The molecule has 54 valence electrons. The normalized spacial score (nSPS) is 42.6. The van der Waals surface area contributed by atoms with Crippen LogP contribution < -0.4 is 0 Å². The first-order valence-electron chi connectivity index (χ1n) is 4.02. The second-order valence-electron chi connectivity index (χ2n) is 3.44. The highest BCUT2D eigenvalue weighted by atomic mass is 16.1. The molecule has 0 saturated heterocycles. The molecule has 1 fully saturated rings. The van der Waals surface area contributed by atoms with Crippen LogP contribution in [0.2, 0.25) is 0 Å². The fraction of sp³-hybridized carbons (Fsp3) is 0.667. The summed E-state index contributed by atoms with van der Waals surface area (Å²) in [5, 5.41) is 0. The van der Waals surface area contributed by atoms with Crippen molar-refractivity contribution in [1.29, 1.82) is 0 Å². The van der Waals surface area contributed by atoms with Crippen molar-refractivity contribution in [2.75, 3.05) is 0 Å². The Morgan fingerprint density at radius 1 is 1.40 bits per heavy atom. The van der Waals surface area contributed by atoms with Crippen LogP contribution in [0.5, 0.6) is 0 Å². The van der Waals surface area contributed by atoms with E-state index in [2.05, 4.69) is 12.2 Å². The van der Waals surface area contributed by atoms with Crippen LogP contribution in [-0.4, -0.2) is 6.29 Å². The van der Waals surface area contributed by atoms with Crippen LogP contribution in [0.4, 0.5) is 0 Å². The zero-order valence-corrected chi connectivity index (χ0v) is 5.99. The van der Waals surface area contributed by atoms with Gasteiger partial charge in [0.25, 0.3) is 0 Å². The molecule has 1 nitrogen and oxygen atoms in total. The Bertz CT molecular complexity index is 172. The molecule has 0 heterocycles. The average molecular weight is 136 g/mol. The van der Waals surface area contributed by atoms with E-state index in [4.69, 9.17) is 0 Å². The third-order valence-corrected chi connectivity index (χ3v) is 2.82. The van der Waals surface area contributed by atoms with Gasteiger partial charge in [-0.3, -0.25) is 0 Å². The molecular weight excluding hydrogens is 124 g/mol. The van der Waals surface area contributed by atoms with Gasteiger partial charge in [-0.15, -0.1) is 0 Å². The summed E-state index contributed by atoms with van der Waals surface area (Å²) in [5.41, 5.74) is 0. The van der Waals surface area contributed by atoms with Gasteiger partial charge in [-0.25, -0.2) is 0 Å². The van der Waals surface area contributed by atoms with E-state index in [1.807, 2.05) is 0 Å². The minimum Gasteiger partial charge on any atom is -0.303 e. The first-order valence-corrected chi connectivity index (χ1v) is 4.02. The zero-order valence-electron chi connectivity index (χ0n) is 5.99. The Hall–Kier alpha value is -0.590. The molecule has 3 atom stereocenters. The number of aldehydes is 1. The van der Waals surface area contributed by atoms with Crippen molar-refractivity contribution < 1.29 is 4.79 Å². The number of carbonyl (C=O) groups excluding carboxylic acids is 1. The van der Waals surface area contributed by atoms with Crippen LogP contribution in [0.3, 0.4) is 0 Å². The Labute approximate surface area is 61.1 Å². The van der Waals surface area contributed by atoms with Crippen molar-refractivity contribution in [3.05, 3.63) is 12.2 Å². The van der Waals surface area contributed by atoms with Gasteiger partial charge in [0.2, 0.25) is 0 Å². The number of fused-ring (bicyclic) bond motifs is 2. The lowest BCUT2D eigenvalue weighted by Crippen LogP contribution is -2.06. The van der Waals surface area contributed by atoms with Crippen LogP contribution in [0, 0.1) is 17.8 Å². The lowest BCUT2D eigenvalue weighted by Gasteiger charge is -2.13. The molecule has 2 bridgehead atoms. The largest absolute Gasteiger partial charge is 0.303 e. The molecule has 0 aromatic carbocycles. The maximum absolute atomic E-state index is 10.2. The Balaban J connectivity index is 2.02. The van der Waals surface area contributed by atoms with Gasteiger partial charge in [0, 0.05) is 6.42 Å². The minimum absolute atomic E-state index is 0.687. The molecule has 0 aliphatic heterocycles. The van der Waals surface area contributed by atoms with Gasteiger partial charge in [-0.2, -0.15) is 0 Å². The smallest absolute Gasteiger partial charge is 0.120 e. The number of allylic oxidation sites excluding steroid dienone is 2. The summed E-state index contributed by atoms with van der Waals surface area (Å²) in [7, 11) is 0. The van der Waals surface area contributed by atoms with Gasteiger partial charge in [-0.05, 0) is 30.6 Å². The van der Waals surface area contributed by atoms with Crippen LogP contribution in [0.15, 0.2) is 12.2 Å². The molecule has 0 spiro atoms. The maximum Gasteiger partial charge on any atom is 0.120 e. The van der Waals surface area contributed by atoms with Crippen molar-refractivity contribution in [3.63, 3.8) is 0 Å². The van der Waals surface area contributed by atoms with Gasteiger partial charge < -0.3 is 4.79 Å². The minimum atomic E-state index is 0.687. The van der Waals surface area contributed by atoms with E-state index < -0.39 is 0 Å². The van der Waals surface area contributed by atoms with Crippen molar-refractivity contribution in [1.82, 2.24) is 0 Å². The quantitative estimate of drug-likeness (QED) is 0.418. The fourth-order valence-corrected chi connectivity index (χ4v) is 2.29. The summed E-state index contributed by atoms with van der Waals surface area (Å²) in [6, 6.07) is 0. The van der Waals surface area contributed by atoms with Crippen LogP contribution in [0.25, 0.3) is 0 Å². The Morgan fingerprint density at radius 3 is 2.80 bits per heavy atom. The highest BCUT2D eigenvalue weighted by molar-refractivity contribution is 5.50. The lowest BCUT2D eigenvalue weighted by atomic mass is 9.91. The lowest BCUT2D eigenvalue weighted by molar-refractivity contribution is -0.108. The standard InChI is InChI=1S/C9H12O/c10-4-3-9-6-7-1-2-8(9)5-7/h1-2,4,7-9H,3,5-6H2/t7-,8+,9-/m0/s1. The molecule has 2 aliphatic rings. The number of hydrogen-bond acceptors (Lipinski definition) is 1. The molecule has 0 unspecified atom stereocenters. The van der Waals surface area contributed by atoms with Crippen molar-refractivity contribution in [3.8, 4) is 0 Å². The van der Waals surface area contributed by atoms with E-state index in [-0.39, 0.29) is 0 Å². The summed E-state index contributed by atoms with van der Waals surface area (Å²) < 4.78 is 0. The molecule has 2 rings (SSSR count). The molecule has 0 radical (unpaired) electrons. The maximum atomic E-state index is 10.2. The van der Waals surface area contributed by atoms with E-state index in [0.29, 0.717) is 5.92 Å². The van der Waals surface area contributed by atoms with E-state index in [1.54, 1.807) is 0 Å². The molecule has 0 aromatic heterocycles. The molecule has 1 saturated carbocycles. The van der Waals surface area contributed by atoms with E-state index in [9.17, 15) is 4.79 Å². The SMILES string of the molecule is O=CC[C@H]1C[C@H]2C=C[C@@H]1C2. The van der Waals surface area contributed by atoms with E-state index in [0.717, 1.165) is 24.5 Å². The second-order valence-corrected chi connectivity index (χ2v) is 3.44. The van der Waals surface area contributed by atoms with Gasteiger partial charge in [-0.1, -0.05) is 12.2 Å². The summed E-state index contributed by atoms with van der Waals surface area (Å²) >= 11 is 0. The summed E-state index contributed by atoms with van der Waals surface area (Å²) in [6.07, 6.45) is 9.04. The average Bonchev–Trinajstić information content (AvgIpc) is 2.48. The number of carbonyl (C=O) groups is 1. The molecule has 2 aliphatic carbocycles. The molecule has 0 amide bonds. The third-order valence-electron chi connectivity index (χ3n) is 2.82. The topological polar surface area (TPSA) is 17.1 Å². The van der Waals surface area contributed by atoms with Crippen molar-refractivity contribution in [2.45, 2.75) is 19.3 Å². The Morgan fingerprint density at radius 2 is 2.30 bits per heavy atom. The third kappa shape index (κ3) is 0.808. The second kappa shape index (κ2) is 2.22. The number of hydrogen-bond donors (Lipinski definition) is 0. The first kappa shape index (κ1) is 6.14. The fourth-order valence-electron chi connectivity index (χ4n) is 2.29. The molecule has 0 aromatic rings. The summed E-state index contributed by atoms with van der Waals surface area (Å²) in [5.74, 6) is 2.25. The predicted octanol–water partition coefficient (Wildman–Crippen LogP) is 1.79. The summed E-state index contributed by atoms with van der Waals surface area (Å²) in [4.78, 5) is 10.2. The van der Waals surface area contributed by atoms with Crippen LogP contribution in [0.1, 0.15) is 19.3 Å². The van der Waals surface area contributed by atoms with Gasteiger partial charge in [0.15, 0.2) is 0 Å². The first-order chi connectivity index (χ1) is 4.90. The van der Waals surface area contributed by atoms with Gasteiger partial charge in [0.1, 0.15) is 6.29 Å². The van der Waals surface area contributed by atoms with E-state index >= 15 is 0 Å². The molecular formula is C9H12O. The molecule has 10 heavy (non-hydrogen) atoms. The van der Waals surface area contributed by atoms with Crippen LogP contribution in [-0.2, 0) is 4.79 Å². The molecule has 0 N–H and O–H groups in total. The van der Waals surface area contributed by atoms with Crippen molar-refractivity contribution >= 4 is 6.29 Å². The predicted molar refractivity (Wildman–Crippen MR) is 39.5 cm³/mol.